The number of nitrogens with one attached hydrogen (secondary N) is 1. The molecule has 0 radical (unpaired) electrons. The molecule has 0 aliphatic heterocycles. The minimum Gasteiger partial charge on any atom is -0.351 e. The Morgan fingerprint density at radius 2 is 1.92 bits per heavy atom. The number of nitrogens with zero attached hydrogens (tertiary/aromatic N) is 2. The van der Waals surface area contributed by atoms with E-state index in [1.54, 1.807) is 6.20 Å². The normalized spacial score (nSPS) is 16.3. The Hall–Kier alpha value is -2.62. The summed E-state index contributed by atoms with van der Waals surface area (Å²) in [4.78, 5) is 16.8. The van der Waals surface area contributed by atoms with Gasteiger partial charge in [0.15, 0.2) is 0 Å². The number of pyridine rings is 1. The smallest absolute Gasteiger partial charge is 0.252 e. The molecule has 1 aliphatic carbocycles. The Balaban J connectivity index is 1.52. The summed E-state index contributed by atoms with van der Waals surface area (Å²) in [7, 11) is 0. The fraction of sp³-hybridized carbons (Fsp3) is 0.300. The maximum Gasteiger partial charge on any atom is 0.252 e. The first-order valence-electron chi connectivity index (χ1n) is 8.53. The molecule has 122 valence electrons. The summed E-state index contributed by atoms with van der Waals surface area (Å²) >= 11 is 0. The SMILES string of the molecule is O=C(NCC1(c2ccccc2)CCCC1)c1ccc2nccn2c1. The van der Waals surface area contributed by atoms with Crippen LogP contribution in [0.25, 0.3) is 5.65 Å². The predicted octanol–water partition coefficient (Wildman–Crippen LogP) is 3.58. The average molecular weight is 319 g/mol. The number of carbonyl (C=O) groups is 1. The van der Waals surface area contributed by atoms with Crippen molar-refractivity contribution in [1.29, 1.82) is 0 Å². The van der Waals surface area contributed by atoms with Crippen molar-refractivity contribution in [3.8, 4) is 0 Å². The van der Waals surface area contributed by atoms with Crippen LogP contribution in [-0.2, 0) is 5.41 Å². The highest BCUT2D eigenvalue weighted by molar-refractivity contribution is 5.94. The zero-order chi connectivity index (χ0) is 16.4. The van der Waals surface area contributed by atoms with E-state index in [1.165, 1.54) is 18.4 Å². The molecule has 24 heavy (non-hydrogen) atoms. The monoisotopic (exact) mass is 319 g/mol. The molecule has 4 heteroatoms. The number of hydrogen-bond donors (Lipinski definition) is 1. The van der Waals surface area contributed by atoms with E-state index < -0.39 is 0 Å². The minimum absolute atomic E-state index is 0.0205. The number of imidazole rings is 1. The fourth-order valence-corrected chi connectivity index (χ4v) is 3.82. The van der Waals surface area contributed by atoms with E-state index >= 15 is 0 Å². The van der Waals surface area contributed by atoms with E-state index in [2.05, 4.69) is 34.6 Å². The van der Waals surface area contributed by atoms with E-state index in [1.807, 2.05) is 35.0 Å². The second-order valence-corrected chi connectivity index (χ2v) is 6.65. The fourth-order valence-electron chi connectivity index (χ4n) is 3.82. The van der Waals surface area contributed by atoms with Crippen LogP contribution in [0.5, 0.6) is 0 Å². The summed E-state index contributed by atoms with van der Waals surface area (Å²) in [5.41, 5.74) is 2.94. The first kappa shape index (κ1) is 14.9. The van der Waals surface area contributed by atoms with Crippen LogP contribution in [0, 0.1) is 0 Å². The highest BCUT2D eigenvalue weighted by Crippen LogP contribution is 2.40. The molecule has 1 saturated carbocycles. The molecule has 1 aromatic carbocycles. The molecule has 1 aliphatic rings. The molecule has 4 nitrogen and oxygen atoms in total. The lowest BCUT2D eigenvalue weighted by Crippen LogP contribution is -2.39. The van der Waals surface area contributed by atoms with Gasteiger partial charge >= 0.3 is 0 Å². The Morgan fingerprint density at radius 1 is 1.12 bits per heavy atom. The molecule has 1 fully saturated rings. The molecule has 0 spiro atoms. The first-order chi connectivity index (χ1) is 11.8. The van der Waals surface area contributed by atoms with Gasteiger partial charge in [0.05, 0.1) is 5.56 Å². The van der Waals surface area contributed by atoms with Crippen molar-refractivity contribution >= 4 is 11.6 Å². The highest BCUT2D eigenvalue weighted by atomic mass is 16.1. The van der Waals surface area contributed by atoms with Crippen molar-refractivity contribution in [2.24, 2.45) is 0 Å². The van der Waals surface area contributed by atoms with Crippen molar-refractivity contribution in [1.82, 2.24) is 14.7 Å². The Labute approximate surface area is 141 Å². The first-order valence-corrected chi connectivity index (χ1v) is 8.53. The molecule has 1 amide bonds. The molecular weight excluding hydrogens is 298 g/mol. The van der Waals surface area contributed by atoms with Gasteiger partial charge in [-0.25, -0.2) is 4.98 Å². The van der Waals surface area contributed by atoms with E-state index in [0.717, 1.165) is 18.5 Å². The molecule has 3 aromatic rings. The van der Waals surface area contributed by atoms with Gasteiger partial charge in [-0.3, -0.25) is 4.79 Å². The van der Waals surface area contributed by atoms with Gasteiger partial charge in [-0.15, -0.1) is 0 Å². The molecule has 4 rings (SSSR count). The summed E-state index contributed by atoms with van der Waals surface area (Å²) in [5.74, 6) is -0.0205. The number of benzene rings is 1. The lowest BCUT2D eigenvalue weighted by Gasteiger charge is -2.30. The lowest BCUT2D eigenvalue weighted by molar-refractivity contribution is 0.0942. The van der Waals surface area contributed by atoms with E-state index in [9.17, 15) is 4.79 Å². The number of carbonyl (C=O) groups excluding carboxylic acids is 1. The van der Waals surface area contributed by atoms with Crippen LogP contribution in [0.15, 0.2) is 61.1 Å². The Bertz CT molecular complexity index is 847. The van der Waals surface area contributed by atoms with Crippen LogP contribution < -0.4 is 5.32 Å². The molecule has 0 saturated heterocycles. The van der Waals surface area contributed by atoms with Gasteiger partial charge in [-0.1, -0.05) is 43.2 Å². The standard InChI is InChI=1S/C20H21N3O/c24-19(16-8-9-18-21-12-13-23(18)14-16)22-15-20(10-4-5-11-20)17-6-2-1-3-7-17/h1-3,6-9,12-14H,4-5,10-11,15H2,(H,22,24). The van der Waals surface area contributed by atoms with Crippen molar-refractivity contribution in [2.45, 2.75) is 31.1 Å². The number of hydrogen-bond acceptors (Lipinski definition) is 2. The Kier molecular flexibility index (Phi) is 3.81. The third-order valence-electron chi connectivity index (χ3n) is 5.19. The third-order valence-corrected chi connectivity index (χ3v) is 5.19. The average Bonchev–Trinajstić information content (AvgIpc) is 3.30. The van der Waals surface area contributed by atoms with Crippen LogP contribution in [-0.4, -0.2) is 21.8 Å². The van der Waals surface area contributed by atoms with Crippen LogP contribution in [0.4, 0.5) is 0 Å². The molecule has 1 N–H and O–H groups in total. The molecule has 2 heterocycles. The van der Waals surface area contributed by atoms with Gasteiger partial charge in [-0.05, 0) is 30.5 Å². The van der Waals surface area contributed by atoms with Gasteiger partial charge in [0.25, 0.3) is 5.91 Å². The largest absolute Gasteiger partial charge is 0.351 e. The summed E-state index contributed by atoms with van der Waals surface area (Å²) in [6, 6.07) is 14.3. The molecule has 0 unspecified atom stereocenters. The summed E-state index contributed by atoms with van der Waals surface area (Å²) in [6.07, 6.45) is 10.2. The van der Waals surface area contributed by atoms with Crippen LogP contribution >= 0.6 is 0 Å². The second kappa shape index (κ2) is 6.11. The van der Waals surface area contributed by atoms with Gasteiger partial charge in [0.2, 0.25) is 0 Å². The molecule has 0 bridgehead atoms. The van der Waals surface area contributed by atoms with Gasteiger partial charge < -0.3 is 9.72 Å². The molecule has 0 atom stereocenters. The Morgan fingerprint density at radius 3 is 2.71 bits per heavy atom. The van der Waals surface area contributed by atoms with E-state index in [4.69, 9.17) is 0 Å². The predicted molar refractivity (Wildman–Crippen MR) is 94.1 cm³/mol. The van der Waals surface area contributed by atoms with Crippen molar-refractivity contribution in [2.75, 3.05) is 6.54 Å². The number of amides is 1. The summed E-state index contributed by atoms with van der Waals surface area (Å²) in [5, 5.41) is 3.16. The second-order valence-electron chi connectivity index (χ2n) is 6.65. The van der Waals surface area contributed by atoms with Gasteiger partial charge in [-0.2, -0.15) is 0 Å². The molecular formula is C20H21N3O. The topological polar surface area (TPSA) is 46.4 Å². The van der Waals surface area contributed by atoms with Gasteiger partial charge in [0.1, 0.15) is 5.65 Å². The van der Waals surface area contributed by atoms with Crippen LogP contribution in [0.2, 0.25) is 0 Å². The van der Waals surface area contributed by atoms with Crippen LogP contribution in [0.1, 0.15) is 41.6 Å². The number of rotatable bonds is 4. The molecule has 2 aromatic heterocycles. The number of aromatic nitrogens is 2. The zero-order valence-corrected chi connectivity index (χ0v) is 13.6. The van der Waals surface area contributed by atoms with Crippen LogP contribution in [0.3, 0.4) is 0 Å². The van der Waals surface area contributed by atoms with Crippen molar-refractivity contribution < 1.29 is 4.79 Å². The lowest BCUT2D eigenvalue weighted by atomic mass is 9.79. The van der Waals surface area contributed by atoms with E-state index in [0.29, 0.717) is 12.1 Å². The summed E-state index contributed by atoms with van der Waals surface area (Å²) < 4.78 is 1.87. The minimum atomic E-state index is -0.0205. The van der Waals surface area contributed by atoms with Crippen molar-refractivity contribution in [3.63, 3.8) is 0 Å². The highest BCUT2D eigenvalue weighted by Gasteiger charge is 2.35. The zero-order valence-electron chi connectivity index (χ0n) is 13.6. The maximum absolute atomic E-state index is 12.6. The summed E-state index contributed by atoms with van der Waals surface area (Å²) in [6.45, 7) is 0.692. The van der Waals surface area contributed by atoms with Gasteiger partial charge in [0, 0.05) is 30.6 Å². The third kappa shape index (κ3) is 2.68. The number of fused-ring (bicyclic) bond motifs is 1. The quantitative estimate of drug-likeness (QED) is 0.799. The maximum atomic E-state index is 12.6. The van der Waals surface area contributed by atoms with E-state index in [-0.39, 0.29) is 11.3 Å². The van der Waals surface area contributed by atoms with Crippen molar-refractivity contribution in [3.05, 3.63) is 72.2 Å².